The van der Waals surface area contributed by atoms with Gasteiger partial charge in [-0.2, -0.15) is 0 Å². The van der Waals surface area contributed by atoms with E-state index in [9.17, 15) is 13.2 Å². The van der Waals surface area contributed by atoms with Crippen molar-refractivity contribution in [3.63, 3.8) is 0 Å². The summed E-state index contributed by atoms with van der Waals surface area (Å²) in [7, 11) is -1.41. The van der Waals surface area contributed by atoms with Crippen molar-refractivity contribution < 1.29 is 27.4 Å². The molecule has 2 heterocycles. The van der Waals surface area contributed by atoms with E-state index >= 15 is 0 Å². The van der Waals surface area contributed by atoms with Crippen LogP contribution in [0.1, 0.15) is 63.0 Å². The van der Waals surface area contributed by atoms with Crippen LogP contribution in [0.4, 0.5) is 5.69 Å². The number of nitrogens with one attached hydrogen (secondary N) is 1. The second-order valence-corrected chi connectivity index (χ2v) is 14.5. The molecule has 1 N–H and O–H groups in total. The number of carbonyl (C=O) groups excluding carboxylic acids is 1. The number of nitrogens with zero attached hydrogens (tertiary/aromatic N) is 1. The number of rotatable bonds is 15. The van der Waals surface area contributed by atoms with Crippen molar-refractivity contribution in [1.29, 1.82) is 0 Å². The molecule has 3 aromatic rings. The fraction of sp³-hybridized carbons (Fsp3) is 0.447. The van der Waals surface area contributed by atoms with Crippen LogP contribution in [0.15, 0.2) is 77.2 Å². The largest absolute Gasteiger partial charge is 0.491 e. The standard InChI is InChI=1S/C38H48N2O6S/c1-3-4-5-6-20-44-23-24-46-36-14-9-30(10-15-36)31-11-16-37-33(26-31)27-32(19-25-47(37,42)43)38(41)39-34-12-7-29(8-13-34)28-40(2)35-17-21-45-22-18-35/h7-16,26-27,35H,3-6,17-25,28H2,1-2H3,(H,39,41). The molecule has 8 nitrogen and oxygen atoms in total. The zero-order valence-electron chi connectivity index (χ0n) is 27.7. The minimum Gasteiger partial charge on any atom is -0.491 e. The fourth-order valence-electron chi connectivity index (χ4n) is 6.06. The van der Waals surface area contributed by atoms with Gasteiger partial charge < -0.3 is 19.5 Å². The average Bonchev–Trinajstić information content (AvgIpc) is 3.22. The summed E-state index contributed by atoms with van der Waals surface area (Å²) in [5.74, 6) is 0.334. The highest BCUT2D eigenvalue weighted by molar-refractivity contribution is 7.91. The number of amides is 1. The predicted octanol–water partition coefficient (Wildman–Crippen LogP) is 7.14. The van der Waals surface area contributed by atoms with Crippen molar-refractivity contribution in [2.45, 2.75) is 69.4 Å². The molecule has 0 aromatic heterocycles. The molecule has 9 heteroatoms. The maximum Gasteiger partial charge on any atom is 0.251 e. The molecule has 3 aromatic carbocycles. The number of unbranched alkanes of at least 4 members (excludes halogenated alkanes) is 3. The smallest absolute Gasteiger partial charge is 0.251 e. The Balaban J connectivity index is 1.21. The van der Waals surface area contributed by atoms with Crippen LogP contribution in [0, 0.1) is 0 Å². The van der Waals surface area contributed by atoms with Gasteiger partial charge in [-0.25, -0.2) is 8.42 Å². The van der Waals surface area contributed by atoms with E-state index in [1.165, 1.54) is 24.8 Å². The summed E-state index contributed by atoms with van der Waals surface area (Å²) in [6, 6.07) is 21.4. The summed E-state index contributed by atoms with van der Waals surface area (Å²) >= 11 is 0. The topological polar surface area (TPSA) is 94.2 Å². The minimum absolute atomic E-state index is 0.120. The van der Waals surface area contributed by atoms with E-state index in [2.05, 4.69) is 24.2 Å². The second-order valence-electron chi connectivity index (χ2n) is 12.4. The number of hydrogen-bond acceptors (Lipinski definition) is 7. The molecule has 252 valence electrons. The molecule has 0 spiro atoms. The number of carbonyl (C=O) groups is 1. The van der Waals surface area contributed by atoms with E-state index in [4.69, 9.17) is 14.2 Å². The summed E-state index contributed by atoms with van der Waals surface area (Å²) in [5.41, 5.74) is 4.59. The highest BCUT2D eigenvalue weighted by atomic mass is 32.2. The van der Waals surface area contributed by atoms with E-state index in [0.717, 1.165) is 62.5 Å². The van der Waals surface area contributed by atoms with Crippen LogP contribution in [-0.4, -0.2) is 71.1 Å². The Morgan fingerprint density at radius 2 is 1.66 bits per heavy atom. The molecule has 0 atom stereocenters. The third-order valence-electron chi connectivity index (χ3n) is 8.89. The summed E-state index contributed by atoms with van der Waals surface area (Å²) in [6.07, 6.45) is 8.66. The van der Waals surface area contributed by atoms with Gasteiger partial charge in [0.1, 0.15) is 12.4 Å². The van der Waals surface area contributed by atoms with Gasteiger partial charge in [0.25, 0.3) is 5.91 Å². The fourth-order valence-corrected chi connectivity index (χ4v) is 7.52. The molecule has 1 amide bonds. The first-order chi connectivity index (χ1) is 22.8. The molecule has 0 aliphatic carbocycles. The van der Waals surface area contributed by atoms with E-state index in [-0.39, 0.29) is 23.0 Å². The lowest BCUT2D eigenvalue weighted by Gasteiger charge is -2.31. The predicted molar refractivity (Wildman–Crippen MR) is 187 cm³/mol. The van der Waals surface area contributed by atoms with Gasteiger partial charge in [0.15, 0.2) is 9.84 Å². The van der Waals surface area contributed by atoms with Gasteiger partial charge >= 0.3 is 0 Å². The second kappa shape index (κ2) is 17.1. The van der Waals surface area contributed by atoms with Crippen LogP contribution in [-0.2, 0) is 30.7 Å². The van der Waals surface area contributed by atoms with Crippen LogP contribution < -0.4 is 10.1 Å². The van der Waals surface area contributed by atoms with E-state index in [0.29, 0.717) is 36.1 Å². The van der Waals surface area contributed by atoms with Crippen LogP contribution in [0.5, 0.6) is 5.75 Å². The Bertz CT molecular complexity index is 1600. The Morgan fingerprint density at radius 1 is 0.915 bits per heavy atom. The molecule has 47 heavy (non-hydrogen) atoms. The van der Waals surface area contributed by atoms with Gasteiger partial charge in [0.2, 0.25) is 0 Å². The normalized spacial score (nSPS) is 16.3. The molecular formula is C38H48N2O6S. The highest BCUT2D eigenvalue weighted by Crippen LogP contribution is 2.32. The highest BCUT2D eigenvalue weighted by Gasteiger charge is 2.25. The van der Waals surface area contributed by atoms with Crippen LogP contribution in [0.25, 0.3) is 17.2 Å². The van der Waals surface area contributed by atoms with Gasteiger partial charge in [-0.15, -0.1) is 0 Å². The summed E-state index contributed by atoms with van der Waals surface area (Å²) in [5, 5.41) is 2.97. The maximum atomic E-state index is 13.4. The third kappa shape index (κ3) is 10.00. The van der Waals surface area contributed by atoms with E-state index < -0.39 is 9.84 Å². The summed E-state index contributed by atoms with van der Waals surface area (Å²) in [6.45, 7) is 6.43. The molecule has 0 bridgehead atoms. The number of ether oxygens (including phenoxy) is 3. The van der Waals surface area contributed by atoms with Crippen molar-refractivity contribution in [3.8, 4) is 16.9 Å². The van der Waals surface area contributed by atoms with Crippen LogP contribution in [0.2, 0.25) is 0 Å². The van der Waals surface area contributed by atoms with Crippen molar-refractivity contribution in [1.82, 2.24) is 4.90 Å². The van der Waals surface area contributed by atoms with Gasteiger partial charge in [-0.1, -0.05) is 56.5 Å². The molecule has 0 saturated carbocycles. The number of benzene rings is 3. The van der Waals surface area contributed by atoms with Gasteiger partial charge in [0, 0.05) is 43.7 Å². The van der Waals surface area contributed by atoms with Crippen LogP contribution in [0.3, 0.4) is 0 Å². The van der Waals surface area contributed by atoms with Gasteiger partial charge in [-0.3, -0.25) is 9.69 Å². The summed E-state index contributed by atoms with van der Waals surface area (Å²) in [4.78, 5) is 16.0. The number of fused-ring (bicyclic) bond motifs is 1. The first-order valence-electron chi connectivity index (χ1n) is 16.9. The Kier molecular flexibility index (Phi) is 12.6. The molecular weight excluding hydrogens is 612 g/mol. The lowest BCUT2D eigenvalue weighted by molar-refractivity contribution is -0.112. The first kappa shape index (κ1) is 34.8. The number of anilines is 1. The Hall–Kier alpha value is -3.50. The monoisotopic (exact) mass is 660 g/mol. The molecule has 1 saturated heterocycles. The van der Waals surface area contributed by atoms with Crippen molar-refractivity contribution in [2.24, 2.45) is 0 Å². The number of sulfone groups is 1. The number of hydrogen-bond donors (Lipinski definition) is 1. The molecule has 0 radical (unpaired) electrons. The zero-order chi connectivity index (χ0) is 33.1. The van der Waals surface area contributed by atoms with E-state index in [1.54, 1.807) is 12.1 Å². The molecule has 2 aliphatic heterocycles. The quantitative estimate of drug-likeness (QED) is 0.173. The zero-order valence-corrected chi connectivity index (χ0v) is 28.5. The molecule has 1 fully saturated rings. The van der Waals surface area contributed by atoms with Crippen molar-refractivity contribution in [3.05, 3.63) is 83.4 Å². The maximum absolute atomic E-state index is 13.4. The van der Waals surface area contributed by atoms with Crippen molar-refractivity contribution in [2.75, 3.05) is 51.2 Å². The van der Waals surface area contributed by atoms with E-state index in [1.807, 2.05) is 60.7 Å². The Morgan fingerprint density at radius 3 is 2.40 bits per heavy atom. The first-order valence-corrected chi connectivity index (χ1v) is 18.5. The Labute approximate surface area is 280 Å². The average molecular weight is 661 g/mol. The molecule has 0 unspecified atom stereocenters. The molecule has 5 rings (SSSR count). The lowest BCUT2D eigenvalue weighted by atomic mass is 10.0. The minimum atomic E-state index is -3.55. The molecule has 2 aliphatic rings. The van der Waals surface area contributed by atoms with Crippen LogP contribution >= 0.6 is 0 Å². The van der Waals surface area contributed by atoms with Gasteiger partial charge in [0.05, 0.1) is 17.3 Å². The third-order valence-corrected chi connectivity index (χ3v) is 10.7. The lowest BCUT2D eigenvalue weighted by Crippen LogP contribution is -2.36. The van der Waals surface area contributed by atoms with Gasteiger partial charge in [-0.05, 0) is 97.5 Å². The van der Waals surface area contributed by atoms with Crippen molar-refractivity contribution >= 4 is 27.5 Å². The summed E-state index contributed by atoms with van der Waals surface area (Å²) < 4.78 is 43.3. The SMILES string of the molecule is CCCCCCOCCOc1ccc(-c2ccc3c(c2)C=C(C(=O)Nc2ccc(CN(C)C4CCOCC4)cc2)CCS3(=O)=O)cc1.